The van der Waals surface area contributed by atoms with Gasteiger partial charge in [-0.1, -0.05) is 41.6 Å². The lowest BCUT2D eigenvalue weighted by atomic mass is 9.84. The van der Waals surface area contributed by atoms with Gasteiger partial charge in [-0.3, -0.25) is 0 Å². The minimum atomic E-state index is -1.77. The SMILES string of the molecule is C#CCCCC(C#CC(C)(C)C)(O[Si](C)(C)CBr)C(C)C. The van der Waals surface area contributed by atoms with Crippen molar-refractivity contribution < 1.29 is 4.43 Å². The fourth-order valence-electron chi connectivity index (χ4n) is 1.96. The quantitative estimate of drug-likeness (QED) is 0.252. The van der Waals surface area contributed by atoms with Crippen molar-refractivity contribution in [3.8, 4) is 24.2 Å². The Hall–Kier alpha value is -0.223. The van der Waals surface area contributed by atoms with E-state index in [1.165, 1.54) is 0 Å². The number of hydrogen-bond acceptors (Lipinski definition) is 1. The number of terminal acetylenes is 1. The summed E-state index contributed by atoms with van der Waals surface area (Å²) in [7, 11) is -1.77. The van der Waals surface area contributed by atoms with E-state index in [4.69, 9.17) is 10.8 Å². The van der Waals surface area contributed by atoms with E-state index in [0.29, 0.717) is 5.92 Å². The highest BCUT2D eigenvalue weighted by molar-refractivity contribution is 9.09. The molecule has 0 aliphatic rings. The van der Waals surface area contributed by atoms with Crippen molar-refractivity contribution in [2.24, 2.45) is 11.3 Å². The summed E-state index contributed by atoms with van der Waals surface area (Å²) in [5, 5.41) is 0. The molecule has 0 bridgehead atoms. The molecular weight excluding hydrogens is 340 g/mol. The summed E-state index contributed by atoms with van der Waals surface area (Å²) in [6.45, 7) is 15.3. The second-order valence-electron chi connectivity index (χ2n) is 7.60. The minimum Gasteiger partial charge on any atom is -0.400 e. The molecule has 0 heterocycles. The molecule has 21 heavy (non-hydrogen) atoms. The van der Waals surface area contributed by atoms with E-state index in [2.05, 4.69) is 81.4 Å². The Labute approximate surface area is 141 Å². The van der Waals surface area contributed by atoms with E-state index >= 15 is 0 Å². The summed E-state index contributed by atoms with van der Waals surface area (Å²) >= 11 is 3.60. The maximum absolute atomic E-state index is 6.63. The van der Waals surface area contributed by atoms with Crippen molar-refractivity contribution in [1.29, 1.82) is 0 Å². The van der Waals surface area contributed by atoms with Crippen molar-refractivity contribution in [3.05, 3.63) is 0 Å². The van der Waals surface area contributed by atoms with Gasteiger partial charge < -0.3 is 4.43 Å². The van der Waals surface area contributed by atoms with Crippen LogP contribution in [0.4, 0.5) is 0 Å². The maximum Gasteiger partial charge on any atom is 0.199 e. The second-order valence-corrected chi connectivity index (χ2v) is 13.3. The van der Waals surface area contributed by atoms with E-state index < -0.39 is 8.32 Å². The van der Waals surface area contributed by atoms with Gasteiger partial charge in [-0.25, -0.2) is 0 Å². The van der Waals surface area contributed by atoms with Crippen LogP contribution in [-0.4, -0.2) is 18.9 Å². The largest absolute Gasteiger partial charge is 0.400 e. The zero-order valence-corrected chi connectivity index (χ0v) is 17.4. The summed E-state index contributed by atoms with van der Waals surface area (Å²) in [4.78, 5) is 0.917. The van der Waals surface area contributed by atoms with Gasteiger partial charge >= 0.3 is 0 Å². The van der Waals surface area contributed by atoms with Gasteiger partial charge in [0.2, 0.25) is 0 Å². The van der Waals surface area contributed by atoms with Gasteiger partial charge in [0.25, 0.3) is 0 Å². The van der Waals surface area contributed by atoms with Crippen LogP contribution < -0.4 is 0 Å². The summed E-state index contributed by atoms with van der Waals surface area (Å²) < 4.78 is 6.63. The number of unbranched alkanes of at least 4 members (excludes halogenated alkanes) is 1. The molecule has 0 aromatic rings. The van der Waals surface area contributed by atoms with Gasteiger partial charge in [0, 0.05) is 16.8 Å². The molecule has 120 valence electrons. The van der Waals surface area contributed by atoms with Crippen molar-refractivity contribution >= 4 is 24.2 Å². The minimum absolute atomic E-state index is 0.0181. The Bertz CT molecular complexity index is 417. The first-order valence-electron chi connectivity index (χ1n) is 7.72. The van der Waals surface area contributed by atoms with Crippen LogP contribution in [0.25, 0.3) is 0 Å². The van der Waals surface area contributed by atoms with Crippen LogP contribution in [0.15, 0.2) is 0 Å². The van der Waals surface area contributed by atoms with Gasteiger partial charge in [-0.05, 0) is 52.6 Å². The Morgan fingerprint density at radius 3 is 2.14 bits per heavy atom. The fraction of sp³-hybridized carbons (Fsp3) is 0.778. The van der Waals surface area contributed by atoms with Crippen molar-refractivity contribution in [2.45, 2.75) is 72.6 Å². The van der Waals surface area contributed by atoms with Gasteiger partial charge in [0.05, 0.1) is 0 Å². The number of rotatable bonds is 7. The molecule has 1 unspecified atom stereocenters. The lowest BCUT2D eigenvalue weighted by molar-refractivity contribution is 0.0614. The molecule has 1 atom stereocenters. The lowest BCUT2D eigenvalue weighted by Gasteiger charge is -2.39. The number of hydrogen-bond donors (Lipinski definition) is 0. The summed E-state index contributed by atoms with van der Waals surface area (Å²) in [6.07, 6.45) is 8.05. The molecule has 0 fully saturated rings. The van der Waals surface area contributed by atoms with Crippen LogP contribution >= 0.6 is 15.9 Å². The molecule has 0 radical (unpaired) electrons. The molecule has 1 nitrogen and oxygen atoms in total. The zero-order chi connectivity index (χ0) is 16.7. The maximum atomic E-state index is 6.63. The Morgan fingerprint density at radius 1 is 1.19 bits per heavy atom. The standard InChI is InChI=1S/C18H31BrOSi/c1-9-10-11-12-18(16(2)3,14-13-17(4,5)6)20-21(7,8)15-19/h1,16H,10-12,15H2,2-8H3. The smallest absolute Gasteiger partial charge is 0.199 e. The van der Waals surface area contributed by atoms with Gasteiger partial charge in [0.15, 0.2) is 8.32 Å². The second kappa shape index (κ2) is 8.42. The summed E-state index contributed by atoms with van der Waals surface area (Å²) in [5.41, 5.74) is -0.399. The van der Waals surface area contributed by atoms with Crippen LogP contribution in [0.5, 0.6) is 0 Å². The summed E-state index contributed by atoms with van der Waals surface area (Å²) in [6, 6.07) is 0. The Morgan fingerprint density at radius 2 is 1.76 bits per heavy atom. The third-order valence-corrected chi connectivity index (χ3v) is 8.84. The van der Waals surface area contributed by atoms with E-state index in [-0.39, 0.29) is 11.0 Å². The van der Waals surface area contributed by atoms with Crippen LogP contribution in [-0.2, 0) is 4.43 Å². The molecule has 0 N–H and O–H groups in total. The van der Waals surface area contributed by atoms with Crippen molar-refractivity contribution in [3.63, 3.8) is 0 Å². The molecule has 3 heteroatoms. The number of alkyl halides is 1. The van der Waals surface area contributed by atoms with Crippen molar-refractivity contribution in [2.75, 3.05) is 4.95 Å². The molecule has 0 aromatic carbocycles. The Kier molecular flexibility index (Phi) is 8.33. The fourth-order valence-corrected chi connectivity index (χ4v) is 3.73. The average Bonchev–Trinajstić information content (AvgIpc) is 2.34. The van der Waals surface area contributed by atoms with Crippen LogP contribution in [0.3, 0.4) is 0 Å². The van der Waals surface area contributed by atoms with Gasteiger partial charge in [-0.15, -0.1) is 12.3 Å². The molecule has 0 saturated heterocycles. The molecule has 0 spiro atoms. The van der Waals surface area contributed by atoms with Gasteiger partial charge in [-0.2, -0.15) is 0 Å². The monoisotopic (exact) mass is 370 g/mol. The third-order valence-electron chi connectivity index (χ3n) is 3.23. The average molecular weight is 371 g/mol. The highest BCUT2D eigenvalue weighted by atomic mass is 79.9. The van der Waals surface area contributed by atoms with Gasteiger partial charge in [0.1, 0.15) is 5.60 Å². The topological polar surface area (TPSA) is 9.23 Å². The highest BCUT2D eigenvalue weighted by Crippen LogP contribution is 2.32. The first-order valence-corrected chi connectivity index (χ1v) is 12.0. The predicted octanol–water partition coefficient (Wildman–Crippen LogP) is 5.39. The van der Waals surface area contributed by atoms with E-state index in [9.17, 15) is 0 Å². The third kappa shape index (κ3) is 8.10. The van der Waals surface area contributed by atoms with E-state index in [1.54, 1.807) is 0 Å². The van der Waals surface area contributed by atoms with Crippen LogP contribution in [0.1, 0.15) is 53.9 Å². The molecule has 0 saturated carbocycles. The van der Waals surface area contributed by atoms with E-state index in [0.717, 1.165) is 24.2 Å². The van der Waals surface area contributed by atoms with E-state index in [1.807, 2.05) is 0 Å². The number of halogens is 1. The zero-order valence-electron chi connectivity index (χ0n) is 14.8. The molecule has 0 amide bonds. The van der Waals surface area contributed by atoms with Crippen LogP contribution in [0, 0.1) is 35.5 Å². The van der Waals surface area contributed by atoms with Crippen LogP contribution in [0.2, 0.25) is 13.1 Å². The van der Waals surface area contributed by atoms with Crippen molar-refractivity contribution in [1.82, 2.24) is 0 Å². The highest BCUT2D eigenvalue weighted by Gasteiger charge is 2.39. The first kappa shape index (κ1) is 20.8. The molecule has 0 aliphatic carbocycles. The first-order chi connectivity index (χ1) is 9.48. The molecule has 0 rings (SSSR count). The summed E-state index contributed by atoms with van der Waals surface area (Å²) in [5.74, 6) is 9.96. The predicted molar refractivity (Wildman–Crippen MR) is 99.8 cm³/mol. The molecular formula is C18H31BrOSi. The normalized spacial score (nSPS) is 15.0. The molecule has 0 aromatic heterocycles. The Balaban J connectivity index is 5.53. The molecule has 0 aliphatic heterocycles. The lowest BCUT2D eigenvalue weighted by Crippen LogP contribution is -2.48.